The molecule has 0 aliphatic rings. The van der Waals surface area contributed by atoms with Crippen LogP contribution in [0.5, 0.6) is 0 Å². The lowest BCUT2D eigenvalue weighted by atomic mass is 10.2. The van der Waals surface area contributed by atoms with E-state index in [1.807, 2.05) is 0 Å². The quantitative estimate of drug-likeness (QED) is 0.217. The Balaban J connectivity index is 3.01. The first-order valence-corrected chi connectivity index (χ1v) is 2.99. The molecule has 0 radical (unpaired) electrons. The van der Waals surface area contributed by atoms with E-state index in [0.717, 1.165) is 0 Å². The minimum Gasteiger partial charge on any atom is -0.409 e. The Labute approximate surface area is 63.1 Å². The maximum atomic E-state index is 10.00. The highest BCUT2D eigenvalue weighted by Crippen LogP contribution is 2.00. The standard InChI is InChI=1S/C7H6N2O2/c10-8-7(9-11)6-4-2-1-3-5-6/h1-5,10H/b8-7+. The van der Waals surface area contributed by atoms with Gasteiger partial charge in [0.25, 0.3) is 0 Å². The molecule has 0 spiro atoms. The van der Waals surface area contributed by atoms with E-state index in [1.54, 1.807) is 30.3 Å². The molecule has 0 saturated heterocycles. The van der Waals surface area contributed by atoms with E-state index in [-0.39, 0.29) is 5.84 Å². The van der Waals surface area contributed by atoms with Crippen LogP contribution in [0.15, 0.2) is 40.7 Å². The van der Waals surface area contributed by atoms with E-state index in [4.69, 9.17) is 5.21 Å². The molecule has 1 aromatic rings. The molecule has 0 bridgehead atoms. The third-order valence-electron chi connectivity index (χ3n) is 1.21. The minimum absolute atomic E-state index is 0.203. The molecular formula is C7H6N2O2. The lowest BCUT2D eigenvalue weighted by molar-refractivity contribution is 0.318. The summed E-state index contributed by atoms with van der Waals surface area (Å²) in [6, 6.07) is 8.52. The van der Waals surface area contributed by atoms with Crippen LogP contribution in [-0.2, 0) is 0 Å². The molecule has 4 heteroatoms. The molecule has 0 aromatic heterocycles. The van der Waals surface area contributed by atoms with Gasteiger partial charge in [-0.25, -0.2) is 0 Å². The van der Waals surface area contributed by atoms with Gasteiger partial charge in [0.15, 0.2) is 0 Å². The monoisotopic (exact) mass is 150 g/mol. The molecule has 1 aromatic carbocycles. The highest BCUT2D eigenvalue weighted by Gasteiger charge is 2.00. The Morgan fingerprint density at radius 2 is 1.91 bits per heavy atom. The van der Waals surface area contributed by atoms with Crippen molar-refractivity contribution in [3.05, 3.63) is 40.8 Å². The molecule has 4 nitrogen and oxygen atoms in total. The second-order valence-corrected chi connectivity index (χ2v) is 1.88. The van der Waals surface area contributed by atoms with Gasteiger partial charge < -0.3 is 5.21 Å². The Bertz CT molecular complexity index is 269. The summed E-state index contributed by atoms with van der Waals surface area (Å²) in [6.07, 6.45) is 0. The fraction of sp³-hybridized carbons (Fsp3) is 0. The van der Waals surface area contributed by atoms with Crippen LogP contribution in [-0.4, -0.2) is 11.0 Å². The van der Waals surface area contributed by atoms with Crippen LogP contribution >= 0.6 is 0 Å². The molecule has 11 heavy (non-hydrogen) atoms. The molecule has 0 aliphatic carbocycles. The predicted molar refractivity (Wildman–Crippen MR) is 40.6 cm³/mol. The van der Waals surface area contributed by atoms with Crippen LogP contribution in [0.4, 0.5) is 0 Å². The average Bonchev–Trinajstić information content (AvgIpc) is 2.09. The summed E-state index contributed by atoms with van der Waals surface area (Å²) in [5, 5.41) is 13.5. The Hall–Kier alpha value is -1.71. The van der Waals surface area contributed by atoms with Crippen LogP contribution in [0.2, 0.25) is 0 Å². The van der Waals surface area contributed by atoms with Crippen molar-refractivity contribution in [2.45, 2.75) is 0 Å². The van der Waals surface area contributed by atoms with Crippen molar-refractivity contribution < 1.29 is 5.21 Å². The van der Waals surface area contributed by atoms with Crippen LogP contribution in [0, 0.1) is 4.91 Å². The van der Waals surface area contributed by atoms with E-state index in [2.05, 4.69) is 10.3 Å². The molecule has 0 heterocycles. The molecule has 0 unspecified atom stereocenters. The van der Waals surface area contributed by atoms with Crippen LogP contribution in [0.25, 0.3) is 0 Å². The SMILES string of the molecule is O=N/C(=N/O)c1ccccc1. The van der Waals surface area contributed by atoms with E-state index >= 15 is 0 Å². The van der Waals surface area contributed by atoms with Gasteiger partial charge in [-0.05, 0) is 5.18 Å². The zero-order valence-corrected chi connectivity index (χ0v) is 5.64. The number of nitroso groups, excluding NO2 is 1. The van der Waals surface area contributed by atoms with Crippen molar-refractivity contribution in [2.75, 3.05) is 0 Å². The average molecular weight is 150 g/mol. The van der Waals surface area contributed by atoms with Crippen LogP contribution < -0.4 is 0 Å². The van der Waals surface area contributed by atoms with Crippen molar-refractivity contribution in [2.24, 2.45) is 10.3 Å². The molecule has 0 saturated carbocycles. The van der Waals surface area contributed by atoms with Gasteiger partial charge in [0.05, 0.1) is 0 Å². The molecule has 0 atom stereocenters. The Morgan fingerprint density at radius 1 is 1.27 bits per heavy atom. The van der Waals surface area contributed by atoms with Crippen molar-refractivity contribution in [3.8, 4) is 0 Å². The van der Waals surface area contributed by atoms with Gasteiger partial charge >= 0.3 is 0 Å². The smallest absolute Gasteiger partial charge is 0.241 e. The van der Waals surface area contributed by atoms with Crippen molar-refractivity contribution >= 4 is 5.84 Å². The van der Waals surface area contributed by atoms with Gasteiger partial charge in [-0.15, -0.1) is 4.91 Å². The van der Waals surface area contributed by atoms with Crippen molar-refractivity contribution in [1.29, 1.82) is 0 Å². The highest BCUT2D eigenvalue weighted by atomic mass is 16.4. The fourth-order valence-corrected chi connectivity index (χ4v) is 0.716. The van der Waals surface area contributed by atoms with Crippen LogP contribution in [0.1, 0.15) is 5.56 Å². The summed E-state index contributed by atoms with van der Waals surface area (Å²) in [6.45, 7) is 0. The zero-order valence-electron chi connectivity index (χ0n) is 5.64. The third kappa shape index (κ3) is 1.61. The lowest BCUT2D eigenvalue weighted by Gasteiger charge is -1.91. The number of oxime groups is 1. The lowest BCUT2D eigenvalue weighted by Crippen LogP contribution is -1.94. The second-order valence-electron chi connectivity index (χ2n) is 1.88. The highest BCUT2D eigenvalue weighted by molar-refractivity contribution is 5.98. The minimum atomic E-state index is -0.203. The second kappa shape index (κ2) is 3.46. The van der Waals surface area contributed by atoms with Gasteiger partial charge in [0.1, 0.15) is 0 Å². The Kier molecular flexibility index (Phi) is 2.32. The predicted octanol–water partition coefficient (Wildman–Crippen LogP) is 1.59. The van der Waals surface area contributed by atoms with Gasteiger partial charge in [-0.2, -0.15) is 0 Å². The van der Waals surface area contributed by atoms with Gasteiger partial charge in [-0.3, -0.25) is 0 Å². The summed E-state index contributed by atoms with van der Waals surface area (Å²) in [7, 11) is 0. The van der Waals surface area contributed by atoms with E-state index < -0.39 is 0 Å². The number of rotatable bonds is 1. The molecular weight excluding hydrogens is 144 g/mol. The van der Waals surface area contributed by atoms with Gasteiger partial charge in [-0.1, -0.05) is 35.5 Å². The first-order chi connectivity index (χ1) is 5.38. The Morgan fingerprint density at radius 3 is 2.36 bits per heavy atom. The van der Waals surface area contributed by atoms with Crippen molar-refractivity contribution in [3.63, 3.8) is 0 Å². The van der Waals surface area contributed by atoms with Gasteiger partial charge in [0, 0.05) is 5.56 Å². The number of nitrogens with zero attached hydrogens (tertiary/aromatic N) is 2. The number of hydrogen-bond donors (Lipinski definition) is 1. The number of amidine groups is 1. The third-order valence-corrected chi connectivity index (χ3v) is 1.21. The molecule has 1 N–H and O–H groups in total. The van der Waals surface area contributed by atoms with E-state index in [9.17, 15) is 4.91 Å². The first kappa shape index (κ1) is 7.40. The van der Waals surface area contributed by atoms with E-state index in [1.165, 1.54) is 0 Å². The van der Waals surface area contributed by atoms with Crippen molar-refractivity contribution in [1.82, 2.24) is 0 Å². The topological polar surface area (TPSA) is 62.0 Å². The maximum absolute atomic E-state index is 10.00. The fourth-order valence-electron chi connectivity index (χ4n) is 0.716. The molecule has 0 fully saturated rings. The molecule has 56 valence electrons. The normalized spacial score (nSPS) is 11.1. The largest absolute Gasteiger partial charge is 0.409 e. The van der Waals surface area contributed by atoms with E-state index in [0.29, 0.717) is 5.56 Å². The molecule has 0 amide bonds. The maximum Gasteiger partial charge on any atom is 0.241 e. The first-order valence-electron chi connectivity index (χ1n) is 2.99. The molecule has 1 rings (SSSR count). The summed E-state index contributed by atoms with van der Waals surface area (Å²) in [5.41, 5.74) is 0.505. The molecule has 0 aliphatic heterocycles. The number of hydrogen-bond acceptors (Lipinski definition) is 3. The zero-order chi connectivity index (χ0) is 8.10. The summed E-state index contributed by atoms with van der Waals surface area (Å²) in [4.78, 5) is 10.00. The summed E-state index contributed by atoms with van der Waals surface area (Å²) >= 11 is 0. The number of benzene rings is 1. The summed E-state index contributed by atoms with van der Waals surface area (Å²) < 4.78 is 0. The van der Waals surface area contributed by atoms with Gasteiger partial charge in [0.2, 0.25) is 5.84 Å². The van der Waals surface area contributed by atoms with Crippen LogP contribution in [0.3, 0.4) is 0 Å². The summed E-state index contributed by atoms with van der Waals surface area (Å²) in [5.74, 6) is -0.203.